The van der Waals surface area contributed by atoms with Crippen molar-refractivity contribution in [1.82, 2.24) is 30.0 Å². The summed E-state index contributed by atoms with van der Waals surface area (Å²) in [5.74, 6) is 0.790. The first kappa shape index (κ1) is 25.2. The van der Waals surface area contributed by atoms with Gasteiger partial charge in [0.1, 0.15) is 0 Å². The molecule has 0 N–H and O–H groups in total. The van der Waals surface area contributed by atoms with Gasteiger partial charge in [0, 0.05) is 44.8 Å². The summed E-state index contributed by atoms with van der Waals surface area (Å²) in [6.45, 7) is 10.2. The summed E-state index contributed by atoms with van der Waals surface area (Å²) < 4.78 is 1.91. The lowest BCUT2D eigenvalue weighted by Gasteiger charge is -2.34. The molecule has 1 aliphatic heterocycles. The highest BCUT2D eigenvalue weighted by atomic mass is 15.5. The molecule has 1 saturated heterocycles. The molecule has 0 spiro atoms. The number of para-hydroxylation sites is 1. The van der Waals surface area contributed by atoms with Gasteiger partial charge >= 0.3 is 0 Å². The second kappa shape index (κ2) is 11.3. The zero-order valence-electron chi connectivity index (χ0n) is 22.7. The minimum atomic E-state index is 0.790. The van der Waals surface area contributed by atoms with Crippen molar-refractivity contribution in [3.8, 4) is 17.1 Å². The number of hydrogen-bond donors (Lipinski definition) is 0. The molecule has 0 bridgehead atoms. The molecule has 6 heteroatoms. The van der Waals surface area contributed by atoms with Crippen LogP contribution >= 0.6 is 0 Å². The maximum absolute atomic E-state index is 4.54. The highest BCUT2D eigenvalue weighted by Crippen LogP contribution is 2.32. The number of nitrogens with zero attached hydrogens (tertiary/aromatic N) is 6. The third-order valence-electron chi connectivity index (χ3n) is 7.72. The van der Waals surface area contributed by atoms with E-state index in [-0.39, 0.29) is 0 Å². The van der Waals surface area contributed by atoms with Crippen LogP contribution in [0.1, 0.15) is 22.3 Å². The van der Waals surface area contributed by atoms with Gasteiger partial charge in [-0.3, -0.25) is 9.80 Å². The van der Waals surface area contributed by atoms with Crippen LogP contribution in [-0.2, 0) is 6.54 Å². The van der Waals surface area contributed by atoms with Gasteiger partial charge in [-0.1, -0.05) is 97.1 Å². The number of aromatic nitrogens is 4. The van der Waals surface area contributed by atoms with Crippen molar-refractivity contribution in [2.24, 2.45) is 0 Å². The fourth-order valence-electron chi connectivity index (χ4n) is 5.62. The van der Waals surface area contributed by atoms with Crippen molar-refractivity contribution in [1.29, 1.82) is 0 Å². The van der Waals surface area contributed by atoms with E-state index in [1.165, 1.54) is 21.9 Å². The van der Waals surface area contributed by atoms with Crippen LogP contribution in [-0.4, -0.2) is 62.7 Å². The maximum Gasteiger partial charge on any atom is 0.187 e. The summed E-state index contributed by atoms with van der Waals surface area (Å²) >= 11 is 0. The zero-order chi connectivity index (χ0) is 26.6. The molecule has 0 radical (unpaired) electrons. The van der Waals surface area contributed by atoms with Gasteiger partial charge in [-0.15, -0.1) is 5.10 Å². The number of benzene rings is 4. The summed E-state index contributed by atoms with van der Waals surface area (Å²) in [6.07, 6.45) is 4.50. The molecule has 196 valence electrons. The average Bonchev–Trinajstić information content (AvgIpc) is 3.44. The minimum Gasteiger partial charge on any atom is -0.297 e. The Kier molecular flexibility index (Phi) is 7.30. The SMILES string of the molecule is Cc1cccc(C)c1-n1nnnc1-c1ccc2ccccc2c1CN1CCN(CC=Cc2ccccc2)CC1. The van der Waals surface area contributed by atoms with Crippen LogP contribution in [0, 0.1) is 13.8 Å². The van der Waals surface area contributed by atoms with E-state index < -0.39 is 0 Å². The monoisotopic (exact) mass is 514 g/mol. The molecule has 2 heterocycles. The van der Waals surface area contributed by atoms with E-state index in [2.05, 4.69) is 136 Å². The second-order valence-corrected chi connectivity index (χ2v) is 10.4. The van der Waals surface area contributed by atoms with Gasteiger partial charge in [0.2, 0.25) is 0 Å². The lowest BCUT2D eigenvalue weighted by Crippen LogP contribution is -2.45. The first-order valence-corrected chi connectivity index (χ1v) is 13.7. The van der Waals surface area contributed by atoms with Gasteiger partial charge < -0.3 is 0 Å². The molecule has 6 nitrogen and oxygen atoms in total. The third kappa shape index (κ3) is 5.39. The van der Waals surface area contributed by atoms with Gasteiger partial charge in [-0.05, 0) is 57.3 Å². The molecule has 0 aliphatic carbocycles. The third-order valence-corrected chi connectivity index (χ3v) is 7.72. The van der Waals surface area contributed by atoms with Crippen molar-refractivity contribution in [2.45, 2.75) is 20.4 Å². The molecular formula is C33H34N6. The average molecular weight is 515 g/mol. The highest BCUT2D eigenvalue weighted by molar-refractivity contribution is 5.91. The van der Waals surface area contributed by atoms with Crippen LogP contribution in [0.3, 0.4) is 0 Å². The van der Waals surface area contributed by atoms with Crippen LogP contribution in [0.5, 0.6) is 0 Å². The predicted octanol–water partition coefficient (Wildman–Crippen LogP) is 5.93. The Labute approximate surface area is 230 Å². The summed E-state index contributed by atoms with van der Waals surface area (Å²) in [5, 5.41) is 15.6. The van der Waals surface area contributed by atoms with Crippen LogP contribution in [0.4, 0.5) is 0 Å². The number of fused-ring (bicyclic) bond motifs is 1. The molecule has 1 aromatic heterocycles. The fraction of sp³-hybridized carbons (Fsp3) is 0.242. The van der Waals surface area contributed by atoms with E-state index >= 15 is 0 Å². The van der Waals surface area contributed by atoms with E-state index in [4.69, 9.17) is 0 Å². The summed E-state index contributed by atoms with van der Waals surface area (Å²) in [6, 6.07) is 29.9. The Hall–Kier alpha value is -4.13. The molecule has 0 unspecified atom stereocenters. The molecule has 4 aromatic carbocycles. The lowest BCUT2D eigenvalue weighted by atomic mass is 9.97. The van der Waals surface area contributed by atoms with Crippen LogP contribution in [0.25, 0.3) is 33.9 Å². The molecule has 1 aliphatic rings. The number of hydrogen-bond acceptors (Lipinski definition) is 5. The van der Waals surface area contributed by atoms with Crippen molar-refractivity contribution >= 4 is 16.8 Å². The Morgan fingerprint density at radius 3 is 2.26 bits per heavy atom. The Morgan fingerprint density at radius 1 is 0.744 bits per heavy atom. The number of tetrazole rings is 1. The molecule has 6 rings (SSSR count). The van der Waals surface area contributed by atoms with Crippen molar-refractivity contribution in [3.63, 3.8) is 0 Å². The van der Waals surface area contributed by atoms with E-state index in [1.807, 2.05) is 4.68 Å². The molecular weight excluding hydrogens is 480 g/mol. The Bertz CT molecular complexity index is 1580. The van der Waals surface area contributed by atoms with E-state index in [0.717, 1.165) is 67.5 Å². The number of rotatable bonds is 7. The summed E-state index contributed by atoms with van der Waals surface area (Å²) in [4.78, 5) is 5.09. The maximum atomic E-state index is 4.54. The van der Waals surface area contributed by atoms with Crippen molar-refractivity contribution < 1.29 is 0 Å². The first-order chi connectivity index (χ1) is 19.2. The van der Waals surface area contributed by atoms with Gasteiger partial charge in [0.15, 0.2) is 5.82 Å². The normalized spacial score (nSPS) is 14.9. The second-order valence-electron chi connectivity index (χ2n) is 10.4. The van der Waals surface area contributed by atoms with Gasteiger partial charge in [0.05, 0.1) is 5.69 Å². The molecule has 0 amide bonds. The molecule has 39 heavy (non-hydrogen) atoms. The smallest absolute Gasteiger partial charge is 0.187 e. The number of piperazine rings is 1. The quantitative estimate of drug-likeness (QED) is 0.269. The van der Waals surface area contributed by atoms with Crippen LogP contribution < -0.4 is 0 Å². The molecule has 1 fully saturated rings. The van der Waals surface area contributed by atoms with Gasteiger partial charge in [-0.2, -0.15) is 4.68 Å². The summed E-state index contributed by atoms with van der Waals surface area (Å²) in [5.41, 5.74) is 6.99. The predicted molar refractivity (Wildman–Crippen MR) is 159 cm³/mol. The Morgan fingerprint density at radius 2 is 1.46 bits per heavy atom. The zero-order valence-corrected chi connectivity index (χ0v) is 22.7. The molecule has 0 saturated carbocycles. The fourth-order valence-corrected chi connectivity index (χ4v) is 5.62. The first-order valence-electron chi connectivity index (χ1n) is 13.7. The van der Waals surface area contributed by atoms with Crippen molar-refractivity contribution in [2.75, 3.05) is 32.7 Å². The van der Waals surface area contributed by atoms with E-state index in [9.17, 15) is 0 Å². The Balaban J connectivity index is 1.25. The van der Waals surface area contributed by atoms with E-state index in [0.29, 0.717) is 0 Å². The molecule has 5 aromatic rings. The van der Waals surface area contributed by atoms with Gasteiger partial charge in [0.25, 0.3) is 0 Å². The minimum absolute atomic E-state index is 0.790. The topological polar surface area (TPSA) is 50.1 Å². The number of aryl methyl sites for hydroxylation is 2. The van der Waals surface area contributed by atoms with Crippen LogP contribution in [0.2, 0.25) is 0 Å². The largest absolute Gasteiger partial charge is 0.297 e. The lowest BCUT2D eigenvalue weighted by molar-refractivity contribution is 0.137. The highest BCUT2D eigenvalue weighted by Gasteiger charge is 2.22. The molecule has 0 atom stereocenters. The summed E-state index contributed by atoms with van der Waals surface area (Å²) in [7, 11) is 0. The standard InChI is InChI=1S/C33H34N6/c1-25-10-8-11-26(2)32(25)39-33(34-35-36-39)30-18-17-28-15-6-7-16-29(28)31(30)24-38-22-20-37(21-23-38)19-9-14-27-12-4-3-5-13-27/h3-18H,19-24H2,1-2H3. The van der Waals surface area contributed by atoms with Crippen molar-refractivity contribution in [3.05, 3.63) is 113 Å². The van der Waals surface area contributed by atoms with Gasteiger partial charge in [-0.25, -0.2) is 0 Å². The van der Waals surface area contributed by atoms with Crippen LogP contribution in [0.15, 0.2) is 91.0 Å². The van der Waals surface area contributed by atoms with E-state index in [1.54, 1.807) is 0 Å².